The maximum absolute atomic E-state index is 13.0. The second-order valence-corrected chi connectivity index (χ2v) is 7.58. The van der Waals surface area contributed by atoms with Gasteiger partial charge in [-0.3, -0.25) is 4.79 Å². The Morgan fingerprint density at radius 2 is 1.86 bits per heavy atom. The average molecular weight is 378 g/mol. The van der Waals surface area contributed by atoms with Crippen LogP contribution in [0.3, 0.4) is 0 Å². The molecule has 2 aromatic carbocycles. The summed E-state index contributed by atoms with van der Waals surface area (Å²) in [5.41, 5.74) is 3.99. The van der Waals surface area contributed by atoms with Gasteiger partial charge in [0.2, 0.25) is 0 Å². The van der Waals surface area contributed by atoms with Crippen LogP contribution in [0.4, 0.5) is 0 Å². The van der Waals surface area contributed by atoms with Crippen LogP contribution in [0.2, 0.25) is 0 Å². The third-order valence-corrected chi connectivity index (χ3v) is 5.84. The number of Topliss-reactive ketones (excluding diaryl/α,β-unsaturated/α-hetero) is 1. The van der Waals surface area contributed by atoms with Gasteiger partial charge in [-0.2, -0.15) is 0 Å². The largest absolute Gasteiger partial charge is 0.497 e. The number of rotatable bonds is 5. The van der Waals surface area contributed by atoms with Crippen molar-refractivity contribution in [3.63, 3.8) is 0 Å². The number of hydrogen-bond donors (Lipinski definition) is 0. The van der Waals surface area contributed by atoms with Crippen LogP contribution in [0.1, 0.15) is 36.0 Å². The van der Waals surface area contributed by atoms with E-state index in [-0.39, 0.29) is 23.9 Å². The van der Waals surface area contributed by atoms with Gasteiger partial charge in [0.15, 0.2) is 5.78 Å². The molecule has 0 bridgehead atoms. The molecule has 4 heteroatoms. The van der Waals surface area contributed by atoms with Crippen molar-refractivity contribution in [3.8, 4) is 5.75 Å². The Hall–Kier alpha value is -2.59. The van der Waals surface area contributed by atoms with E-state index in [1.807, 2.05) is 36.4 Å². The van der Waals surface area contributed by atoms with E-state index in [0.717, 1.165) is 30.6 Å². The molecule has 28 heavy (non-hydrogen) atoms. The van der Waals surface area contributed by atoms with Gasteiger partial charge < -0.3 is 14.2 Å². The second-order valence-electron chi connectivity index (χ2n) is 7.58. The number of ether oxygens (including phenoxy) is 3. The predicted molar refractivity (Wildman–Crippen MR) is 108 cm³/mol. The normalized spacial score (nSPS) is 24.1. The van der Waals surface area contributed by atoms with Gasteiger partial charge in [0.1, 0.15) is 11.9 Å². The summed E-state index contributed by atoms with van der Waals surface area (Å²) < 4.78 is 17.3. The van der Waals surface area contributed by atoms with E-state index in [1.165, 1.54) is 11.1 Å². The van der Waals surface area contributed by atoms with Crippen LogP contribution in [-0.2, 0) is 20.9 Å². The van der Waals surface area contributed by atoms with Crippen molar-refractivity contribution in [2.45, 2.75) is 45.0 Å². The number of ketones is 1. The van der Waals surface area contributed by atoms with Crippen molar-refractivity contribution >= 4 is 11.4 Å². The number of benzene rings is 2. The molecular formula is C24H26O4. The highest BCUT2D eigenvalue weighted by atomic mass is 16.5. The first-order chi connectivity index (χ1) is 13.7. The highest BCUT2D eigenvalue weighted by Gasteiger charge is 2.40. The first-order valence-corrected chi connectivity index (χ1v) is 9.86. The van der Waals surface area contributed by atoms with Gasteiger partial charge in [0, 0.05) is 6.42 Å². The van der Waals surface area contributed by atoms with E-state index >= 15 is 0 Å². The fraction of sp³-hybridized carbons (Fsp3) is 0.375. The molecule has 0 radical (unpaired) electrons. The van der Waals surface area contributed by atoms with E-state index in [9.17, 15) is 4.79 Å². The summed E-state index contributed by atoms with van der Waals surface area (Å²) in [5, 5.41) is 0. The molecule has 2 aliphatic rings. The van der Waals surface area contributed by atoms with Crippen LogP contribution >= 0.6 is 0 Å². The molecule has 3 atom stereocenters. The maximum Gasteiger partial charge on any atom is 0.173 e. The number of carbonyl (C=O) groups is 1. The van der Waals surface area contributed by atoms with Crippen molar-refractivity contribution in [1.29, 1.82) is 0 Å². The zero-order valence-electron chi connectivity index (χ0n) is 16.4. The van der Waals surface area contributed by atoms with E-state index < -0.39 is 0 Å². The van der Waals surface area contributed by atoms with Crippen molar-refractivity contribution in [3.05, 3.63) is 71.5 Å². The molecule has 0 saturated heterocycles. The third kappa shape index (κ3) is 3.83. The Morgan fingerprint density at radius 1 is 1.07 bits per heavy atom. The van der Waals surface area contributed by atoms with Crippen molar-refractivity contribution in [2.75, 3.05) is 7.11 Å². The molecule has 1 aliphatic heterocycles. The number of hydrogen-bond acceptors (Lipinski definition) is 4. The summed E-state index contributed by atoms with van der Waals surface area (Å²) in [6.07, 6.45) is 4.12. The monoisotopic (exact) mass is 378 g/mol. The molecule has 4 rings (SSSR count). The van der Waals surface area contributed by atoms with Gasteiger partial charge in [0.05, 0.1) is 37.6 Å². The zero-order valence-corrected chi connectivity index (χ0v) is 16.4. The van der Waals surface area contributed by atoms with Crippen molar-refractivity contribution in [2.24, 2.45) is 5.92 Å². The SMILES string of the molecule is COc1ccc(C2=COC3CC(OCc4ccccc4C)CCC3C2=O)cc1. The molecule has 1 saturated carbocycles. The minimum Gasteiger partial charge on any atom is -0.497 e. The summed E-state index contributed by atoms with van der Waals surface area (Å²) >= 11 is 0. The first kappa shape index (κ1) is 18.8. The lowest BCUT2D eigenvalue weighted by Crippen LogP contribution is -2.41. The van der Waals surface area contributed by atoms with Gasteiger partial charge in [-0.05, 0) is 48.6 Å². The minimum absolute atomic E-state index is 0.0830. The van der Waals surface area contributed by atoms with Crippen LogP contribution < -0.4 is 4.74 Å². The van der Waals surface area contributed by atoms with Gasteiger partial charge in [-0.15, -0.1) is 0 Å². The number of methoxy groups -OCH3 is 1. The molecule has 0 amide bonds. The molecule has 146 valence electrons. The topological polar surface area (TPSA) is 44.8 Å². The van der Waals surface area contributed by atoms with Crippen molar-refractivity contribution < 1.29 is 19.0 Å². The third-order valence-electron chi connectivity index (χ3n) is 5.84. The molecule has 3 unspecified atom stereocenters. The second kappa shape index (κ2) is 8.19. The van der Waals surface area contributed by atoms with Crippen LogP contribution in [0.5, 0.6) is 5.75 Å². The number of fused-ring (bicyclic) bond motifs is 1. The lowest BCUT2D eigenvalue weighted by molar-refractivity contribution is -0.128. The standard InChI is InChI=1S/C24H26O4/c1-16-5-3-4-6-18(16)14-27-20-11-12-21-23(13-20)28-15-22(24(21)25)17-7-9-19(26-2)10-8-17/h3-10,15,20-21,23H,11-14H2,1-2H3. The molecule has 0 N–H and O–H groups in total. The highest BCUT2D eigenvalue weighted by Crippen LogP contribution is 2.37. The minimum atomic E-state index is -0.0925. The Labute approximate surface area is 166 Å². The van der Waals surface area contributed by atoms with Gasteiger partial charge in [0.25, 0.3) is 0 Å². The molecule has 2 aromatic rings. The summed E-state index contributed by atoms with van der Waals surface area (Å²) in [6.45, 7) is 2.71. The molecule has 4 nitrogen and oxygen atoms in total. The Kier molecular flexibility index (Phi) is 5.49. The first-order valence-electron chi connectivity index (χ1n) is 9.86. The lowest BCUT2D eigenvalue weighted by Gasteiger charge is -2.37. The fourth-order valence-corrected chi connectivity index (χ4v) is 4.07. The van der Waals surface area contributed by atoms with Crippen LogP contribution in [0.15, 0.2) is 54.8 Å². The number of aryl methyl sites for hydroxylation is 1. The van der Waals surface area contributed by atoms with Gasteiger partial charge in [-0.1, -0.05) is 36.4 Å². The summed E-state index contributed by atoms with van der Waals surface area (Å²) in [7, 11) is 1.63. The van der Waals surface area contributed by atoms with Crippen LogP contribution in [0, 0.1) is 12.8 Å². The van der Waals surface area contributed by atoms with Crippen molar-refractivity contribution in [1.82, 2.24) is 0 Å². The molecule has 0 spiro atoms. The highest BCUT2D eigenvalue weighted by molar-refractivity contribution is 6.22. The smallest absolute Gasteiger partial charge is 0.173 e. The summed E-state index contributed by atoms with van der Waals surface area (Å²) in [6, 6.07) is 15.8. The van der Waals surface area contributed by atoms with E-state index in [1.54, 1.807) is 13.4 Å². The molecule has 0 aromatic heterocycles. The molecule has 1 heterocycles. The van der Waals surface area contributed by atoms with Crippen LogP contribution in [-0.4, -0.2) is 25.1 Å². The molecular weight excluding hydrogens is 352 g/mol. The predicted octanol–water partition coefficient (Wildman–Crippen LogP) is 4.70. The molecule has 1 aliphatic carbocycles. The van der Waals surface area contributed by atoms with Crippen LogP contribution in [0.25, 0.3) is 5.57 Å². The lowest BCUT2D eigenvalue weighted by atomic mass is 9.78. The fourth-order valence-electron chi connectivity index (χ4n) is 4.07. The van der Waals surface area contributed by atoms with Gasteiger partial charge in [-0.25, -0.2) is 0 Å². The van der Waals surface area contributed by atoms with E-state index in [4.69, 9.17) is 14.2 Å². The number of allylic oxidation sites excluding steroid dienone is 1. The van der Waals surface area contributed by atoms with E-state index in [2.05, 4.69) is 19.1 Å². The number of carbonyl (C=O) groups excluding carboxylic acids is 1. The summed E-state index contributed by atoms with van der Waals surface area (Å²) in [4.78, 5) is 13.0. The zero-order chi connectivity index (χ0) is 19.5. The molecule has 1 fully saturated rings. The van der Waals surface area contributed by atoms with E-state index in [0.29, 0.717) is 12.2 Å². The average Bonchev–Trinajstić information content (AvgIpc) is 2.73. The maximum atomic E-state index is 13.0. The summed E-state index contributed by atoms with van der Waals surface area (Å²) in [5.74, 6) is 0.872. The van der Waals surface area contributed by atoms with Gasteiger partial charge >= 0.3 is 0 Å². The Bertz CT molecular complexity index is 868. The Balaban J connectivity index is 1.40. The quantitative estimate of drug-likeness (QED) is 0.757. The Morgan fingerprint density at radius 3 is 2.61 bits per heavy atom.